The van der Waals surface area contributed by atoms with E-state index in [4.69, 9.17) is 0 Å². The van der Waals surface area contributed by atoms with E-state index in [1.54, 1.807) is 29.7 Å². The van der Waals surface area contributed by atoms with Crippen LogP contribution in [0.15, 0.2) is 61.2 Å². The molecule has 2 aromatic rings. The molecule has 7 heteroatoms. The van der Waals surface area contributed by atoms with Gasteiger partial charge in [-0.2, -0.15) is 0 Å². The number of carbonyl (C=O) groups is 3. The first kappa shape index (κ1) is 18.7. The lowest BCUT2D eigenvalue weighted by Gasteiger charge is -2.25. The van der Waals surface area contributed by atoms with Crippen LogP contribution in [0.25, 0.3) is 0 Å². The van der Waals surface area contributed by atoms with Crippen molar-refractivity contribution in [2.45, 2.75) is 19.5 Å². The van der Waals surface area contributed by atoms with Gasteiger partial charge in [-0.1, -0.05) is 18.2 Å². The van der Waals surface area contributed by atoms with Crippen LogP contribution in [-0.2, 0) is 27.5 Å². The normalized spacial score (nSPS) is 26.3. The maximum absolute atomic E-state index is 13.2. The molecule has 4 atom stereocenters. The summed E-state index contributed by atoms with van der Waals surface area (Å²) in [5.41, 5.74) is 1.82. The number of fused-ring (bicyclic) bond motifs is 5. The van der Waals surface area contributed by atoms with Gasteiger partial charge in [0.05, 0.1) is 11.8 Å². The lowest BCUT2D eigenvalue weighted by molar-refractivity contribution is -0.147. The van der Waals surface area contributed by atoms with Crippen molar-refractivity contribution in [3.63, 3.8) is 0 Å². The summed E-state index contributed by atoms with van der Waals surface area (Å²) >= 11 is 0. The summed E-state index contributed by atoms with van der Waals surface area (Å²) in [4.78, 5) is 50.1. The molecule has 2 bridgehead atoms. The average Bonchev–Trinajstić information content (AvgIpc) is 3.45. The fourth-order valence-electron chi connectivity index (χ4n) is 5.01. The highest BCUT2D eigenvalue weighted by Crippen LogP contribution is 2.52. The smallest absolute Gasteiger partial charge is 0.243 e. The second-order valence-electron chi connectivity index (χ2n) is 8.23. The van der Waals surface area contributed by atoms with Crippen LogP contribution in [0.1, 0.15) is 17.5 Å². The molecule has 2 fully saturated rings. The maximum atomic E-state index is 13.2. The summed E-state index contributed by atoms with van der Waals surface area (Å²) in [5.74, 6) is -0.933. The highest BCUT2D eigenvalue weighted by Gasteiger charge is 2.59. The number of nitrogens with zero attached hydrogens (tertiary/aromatic N) is 4. The Morgan fingerprint density at radius 1 is 0.933 bits per heavy atom. The number of aromatic nitrogens is 2. The first-order valence-corrected chi connectivity index (χ1v) is 10.2. The van der Waals surface area contributed by atoms with E-state index in [1.807, 2.05) is 24.3 Å². The van der Waals surface area contributed by atoms with E-state index in [9.17, 15) is 14.4 Å². The van der Waals surface area contributed by atoms with Crippen LogP contribution in [0.5, 0.6) is 0 Å². The molecule has 3 heterocycles. The Morgan fingerprint density at radius 2 is 1.60 bits per heavy atom. The molecule has 1 saturated carbocycles. The number of imide groups is 1. The quantitative estimate of drug-likeness (QED) is 0.544. The minimum atomic E-state index is -0.285. The van der Waals surface area contributed by atoms with Gasteiger partial charge in [-0.25, -0.2) is 0 Å². The van der Waals surface area contributed by atoms with Crippen LogP contribution < -0.4 is 0 Å². The lowest BCUT2D eigenvalue weighted by Crippen LogP contribution is -2.43. The standard InChI is InChI=1S/C23H22N4O3/c28-19(14-27-22(29)20-17-3-4-18(10-17)21(20)23(27)30)26(12-15-5-8-24-9-6-15)13-16-2-1-7-25-11-16/h1-9,11,17-18,20-21H,10,12-14H2. The Labute approximate surface area is 174 Å². The van der Waals surface area contributed by atoms with Gasteiger partial charge in [0.15, 0.2) is 0 Å². The minimum absolute atomic E-state index is 0.139. The molecule has 152 valence electrons. The second kappa shape index (κ2) is 7.48. The van der Waals surface area contributed by atoms with Crippen molar-refractivity contribution < 1.29 is 14.4 Å². The lowest BCUT2D eigenvalue weighted by atomic mass is 9.85. The average molecular weight is 402 g/mol. The zero-order valence-corrected chi connectivity index (χ0v) is 16.4. The molecule has 3 amide bonds. The minimum Gasteiger partial charge on any atom is -0.332 e. The Hall–Kier alpha value is -3.35. The molecule has 0 radical (unpaired) electrons. The van der Waals surface area contributed by atoms with Crippen molar-refractivity contribution in [1.29, 1.82) is 0 Å². The Kier molecular flexibility index (Phi) is 4.65. The number of hydrogen-bond donors (Lipinski definition) is 0. The van der Waals surface area contributed by atoms with Crippen LogP contribution in [0, 0.1) is 23.7 Å². The van der Waals surface area contributed by atoms with Gasteiger partial charge in [0, 0.05) is 37.9 Å². The second-order valence-corrected chi connectivity index (χ2v) is 8.23. The van der Waals surface area contributed by atoms with Crippen LogP contribution in [0.4, 0.5) is 0 Å². The Morgan fingerprint density at radius 3 is 2.23 bits per heavy atom. The van der Waals surface area contributed by atoms with E-state index < -0.39 is 0 Å². The van der Waals surface area contributed by atoms with E-state index in [0.29, 0.717) is 13.1 Å². The third-order valence-electron chi connectivity index (χ3n) is 6.43. The van der Waals surface area contributed by atoms with Crippen molar-refractivity contribution in [3.8, 4) is 0 Å². The molecule has 3 aliphatic rings. The van der Waals surface area contributed by atoms with Gasteiger partial charge >= 0.3 is 0 Å². The molecule has 5 rings (SSSR count). The van der Waals surface area contributed by atoms with Crippen molar-refractivity contribution in [1.82, 2.24) is 19.8 Å². The number of hydrogen-bond acceptors (Lipinski definition) is 5. The van der Waals surface area contributed by atoms with E-state index in [-0.39, 0.29) is 47.9 Å². The number of allylic oxidation sites excluding steroid dienone is 2. The van der Waals surface area contributed by atoms with Gasteiger partial charge in [-0.05, 0) is 47.6 Å². The summed E-state index contributed by atoms with van der Waals surface area (Å²) < 4.78 is 0. The molecule has 2 aliphatic carbocycles. The van der Waals surface area contributed by atoms with Crippen LogP contribution in [0.2, 0.25) is 0 Å². The summed E-state index contributed by atoms with van der Waals surface area (Å²) in [6, 6.07) is 7.43. The Bertz CT molecular complexity index is 936. The maximum Gasteiger partial charge on any atom is 0.243 e. The molecule has 0 N–H and O–H groups in total. The summed E-state index contributed by atoms with van der Waals surface area (Å²) in [6.45, 7) is 0.506. The van der Waals surface area contributed by atoms with Crippen molar-refractivity contribution in [3.05, 3.63) is 72.3 Å². The molecule has 2 aromatic heterocycles. The summed E-state index contributed by atoms with van der Waals surface area (Å²) in [5, 5.41) is 0. The molecule has 7 nitrogen and oxygen atoms in total. The van der Waals surface area contributed by atoms with Gasteiger partial charge in [0.25, 0.3) is 0 Å². The third kappa shape index (κ3) is 3.20. The van der Waals surface area contributed by atoms with Gasteiger partial charge in [-0.15, -0.1) is 0 Å². The number of pyridine rings is 2. The van der Waals surface area contributed by atoms with Gasteiger partial charge in [0.2, 0.25) is 17.7 Å². The third-order valence-corrected chi connectivity index (χ3v) is 6.43. The zero-order valence-electron chi connectivity index (χ0n) is 16.4. The van der Waals surface area contributed by atoms with Crippen LogP contribution in [0.3, 0.4) is 0 Å². The van der Waals surface area contributed by atoms with Crippen LogP contribution in [-0.4, -0.2) is 44.0 Å². The van der Waals surface area contributed by atoms with Crippen molar-refractivity contribution in [2.75, 3.05) is 6.54 Å². The molecule has 1 aliphatic heterocycles. The van der Waals surface area contributed by atoms with Crippen molar-refractivity contribution >= 4 is 17.7 Å². The fourth-order valence-corrected chi connectivity index (χ4v) is 5.01. The number of likely N-dealkylation sites (tertiary alicyclic amines) is 1. The number of carbonyl (C=O) groups excluding carboxylic acids is 3. The van der Waals surface area contributed by atoms with Gasteiger partial charge in [-0.3, -0.25) is 29.3 Å². The first-order valence-electron chi connectivity index (χ1n) is 10.2. The van der Waals surface area contributed by atoms with E-state index >= 15 is 0 Å². The molecule has 0 aromatic carbocycles. The molecular formula is C23H22N4O3. The van der Waals surface area contributed by atoms with Gasteiger partial charge < -0.3 is 4.90 Å². The molecular weight excluding hydrogens is 380 g/mol. The van der Waals surface area contributed by atoms with Crippen LogP contribution >= 0.6 is 0 Å². The highest BCUT2D eigenvalue weighted by molar-refractivity contribution is 6.08. The van der Waals surface area contributed by atoms with E-state index in [2.05, 4.69) is 22.1 Å². The van der Waals surface area contributed by atoms with Gasteiger partial charge in [0.1, 0.15) is 6.54 Å². The fraction of sp³-hybridized carbons (Fsp3) is 0.348. The topological polar surface area (TPSA) is 83.5 Å². The molecule has 4 unspecified atom stereocenters. The first-order chi connectivity index (χ1) is 14.6. The monoisotopic (exact) mass is 402 g/mol. The number of rotatable bonds is 6. The predicted molar refractivity (Wildman–Crippen MR) is 107 cm³/mol. The summed E-state index contributed by atoms with van der Waals surface area (Å²) in [7, 11) is 0. The molecule has 1 saturated heterocycles. The summed E-state index contributed by atoms with van der Waals surface area (Å²) in [6.07, 6.45) is 11.7. The predicted octanol–water partition coefficient (Wildman–Crippen LogP) is 1.81. The zero-order chi connectivity index (χ0) is 20.7. The Balaban J connectivity index is 1.34. The van der Waals surface area contributed by atoms with E-state index in [1.165, 1.54) is 4.90 Å². The molecule has 30 heavy (non-hydrogen) atoms. The van der Waals surface area contributed by atoms with E-state index in [0.717, 1.165) is 17.5 Å². The van der Waals surface area contributed by atoms with Crippen molar-refractivity contribution in [2.24, 2.45) is 23.7 Å². The number of amides is 3. The highest BCUT2D eigenvalue weighted by atomic mass is 16.2. The largest absolute Gasteiger partial charge is 0.332 e. The SMILES string of the molecule is O=C(CN1C(=O)C2C3C=CC(C3)C2C1=O)N(Cc1ccncc1)Cc1cccnc1. The molecule has 0 spiro atoms.